The summed E-state index contributed by atoms with van der Waals surface area (Å²) in [7, 11) is 0. The molecule has 0 amide bonds. The summed E-state index contributed by atoms with van der Waals surface area (Å²) < 4.78 is 10.6. The maximum Gasteiger partial charge on any atom is 0.306 e. The molecule has 0 aliphatic carbocycles. The molecule has 0 spiro atoms. The topological polar surface area (TPSA) is 52.6 Å². The predicted molar refractivity (Wildman–Crippen MR) is 121 cm³/mol. The largest absolute Gasteiger partial charge is 0.466 e. The lowest BCUT2D eigenvalue weighted by Gasteiger charge is -2.11. The second kappa shape index (κ2) is 18.9. The second-order valence-corrected chi connectivity index (χ2v) is 9.48. The summed E-state index contributed by atoms with van der Waals surface area (Å²) in [6.45, 7) is 12.0. The second-order valence-electron chi connectivity index (χ2n) is 9.48. The van der Waals surface area contributed by atoms with Gasteiger partial charge in [-0.1, -0.05) is 73.1 Å². The van der Waals surface area contributed by atoms with Crippen LogP contribution in [0.1, 0.15) is 118 Å². The first-order valence-corrected chi connectivity index (χ1v) is 12.1. The molecular weight excluding hydrogens is 364 g/mol. The molecule has 1 atom stereocenters. The van der Waals surface area contributed by atoms with Crippen LogP contribution in [-0.4, -0.2) is 25.2 Å². The monoisotopic (exact) mass is 412 g/mol. The van der Waals surface area contributed by atoms with Gasteiger partial charge in [0.1, 0.15) is 0 Å². The zero-order valence-corrected chi connectivity index (χ0v) is 20.0. The van der Waals surface area contributed by atoms with Crippen molar-refractivity contribution in [2.45, 2.75) is 118 Å². The van der Waals surface area contributed by atoms with E-state index in [2.05, 4.69) is 34.6 Å². The highest BCUT2D eigenvalue weighted by atomic mass is 16.5. The zero-order chi connectivity index (χ0) is 21.9. The van der Waals surface area contributed by atoms with E-state index in [1.54, 1.807) is 0 Å². The fourth-order valence-electron chi connectivity index (χ4n) is 3.34. The van der Waals surface area contributed by atoms with Crippen LogP contribution >= 0.6 is 0 Å². The molecule has 4 heteroatoms. The van der Waals surface area contributed by atoms with Gasteiger partial charge in [0.05, 0.1) is 13.2 Å². The molecule has 0 aromatic carbocycles. The van der Waals surface area contributed by atoms with Crippen molar-refractivity contribution < 1.29 is 19.1 Å². The zero-order valence-electron chi connectivity index (χ0n) is 20.0. The van der Waals surface area contributed by atoms with E-state index in [-0.39, 0.29) is 11.9 Å². The summed E-state index contributed by atoms with van der Waals surface area (Å²) in [5.41, 5.74) is 0. The van der Waals surface area contributed by atoms with Gasteiger partial charge in [0.25, 0.3) is 0 Å². The quantitative estimate of drug-likeness (QED) is 0.168. The fraction of sp³-hybridized carbons (Fsp3) is 0.920. The van der Waals surface area contributed by atoms with Crippen LogP contribution in [0.3, 0.4) is 0 Å². The molecule has 0 bridgehead atoms. The first-order chi connectivity index (χ1) is 13.8. The summed E-state index contributed by atoms with van der Waals surface area (Å²) in [6, 6.07) is 0. The van der Waals surface area contributed by atoms with Gasteiger partial charge < -0.3 is 9.47 Å². The minimum atomic E-state index is -0.0441. The first kappa shape index (κ1) is 27.9. The molecule has 0 aromatic rings. The SMILES string of the molecule is CC(C)CCCOC(=O)CCCCCCCCC(C)CC(=O)OCCCC(C)C. The van der Waals surface area contributed by atoms with Crippen LogP contribution in [-0.2, 0) is 19.1 Å². The number of rotatable bonds is 19. The summed E-state index contributed by atoms with van der Waals surface area (Å²) in [4.78, 5) is 23.5. The van der Waals surface area contributed by atoms with Gasteiger partial charge in [-0.25, -0.2) is 0 Å². The van der Waals surface area contributed by atoms with Crippen LogP contribution in [0.4, 0.5) is 0 Å². The molecule has 0 N–H and O–H groups in total. The van der Waals surface area contributed by atoms with Crippen LogP contribution in [0.5, 0.6) is 0 Å². The van der Waals surface area contributed by atoms with Crippen LogP contribution in [0.2, 0.25) is 0 Å². The number of esters is 2. The predicted octanol–water partition coefficient (Wildman–Crippen LogP) is 7.09. The Hall–Kier alpha value is -1.06. The molecule has 29 heavy (non-hydrogen) atoms. The van der Waals surface area contributed by atoms with Gasteiger partial charge in [0, 0.05) is 12.8 Å². The highest BCUT2D eigenvalue weighted by Gasteiger charge is 2.10. The molecule has 0 heterocycles. The Labute approximate surface area is 180 Å². The third kappa shape index (κ3) is 21.5. The van der Waals surface area contributed by atoms with Gasteiger partial charge in [-0.2, -0.15) is 0 Å². The molecule has 0 aliphatic rings. The van der Waals surface area contributed by atoms with E-state index in [9.17, 15) is 9.59 Å². The van der Waals surface area contributed by atoms with E-state index in [1.165, 1.54) is 25.7 Å². The van der Waals surface area contributed by atoms with Gasteiger partial charge in [0.15, 0.2) is 0 Å². The molecule has 0 aromatic heterocycles. The van der Waals surface area contributed by atoms with E-state index >= 15 is 0 Å². The summed E-state index contributed by atoms with van der Waals surface area (Å²) >= 11 is 0. The summed E-state index contributed by atoms with van der Waals surface area (Å²) in [6.07, 6.45) is 13.1. The Kier molecular flexibility index (Phi) is 18.2. The summed E-state index contributed by atoms with van der Waals surface area (Å²) in [5.74, 6) is 1.65. The van der Waals surface area contributed by atoms with Gasteiger partial charge in [-0.05, 0) is 49.9 Å². The Morgan fingerprint density at radius 1 is 0.586 bits per heavy atom. The van der Waals surface area contributed by atoms with E-state index in [0.717, 1.165) is 44.9 Å². The Morgan fingerprint density at radius 3 is 1.62 bits per heavy atom. The maximum absolute atomic E-state index is 11.8. The molecule has 0 radical (unpaired) electrons. The van der Waals surface area contributed by atoms with Crippen molar-refractivity contribution in [2.24, 2.45) is 17.8 Å². The minimum absolute atomic E-state index is 0.0429. The molecular formula is C25H48O4. The van der Waals surface area contributed by atoms with Crippen LogP contribution in [0.15, 0.2) is 0 Å². The van der Waals surface area contributed by atoms with Crippen molar-refractivity contribution in [3.63, 3.8) is 0 Å². The van der Waals surface area contributed by atoms with Gasteiger partial charge in [0.2, 0.25) is 0 Å². The number of carbonyl (C=O) groups is 2. The van der Waals surface area contributed by atoms with E-state index < -0.39 is 0 Å². The lowest BCUT2D eigenvalue weighted by molar-refractivity contribution is -0.145. The van der Waals surface area contributed by atoms with Crippen LogP contribution < -0.4 is 0 Å². The Bertz CT molecular complexity index is 404. The molecule has 4 nitrogen and oxygen atoms in total. The molecule has 1 unspecified atom stereocenters. The Morgan fingerprint density at radius 2 is 1.07 bits per heavy atom. The average molecular weight is 413 g/mol. The Balaban J connectivity index is 3.42. The van der Waals surface area contributed by atoms with Gasteiger partial charge in [-0.3, -0.25) is 9.59 Å². The standard InChI is InChI=1S/C25H48O4/c1-21(2)14-12-18-28-24(26)17-11-9-7-6-8-10-16-23(5)20-25(27)29-19-13-15-22(3)4/h21-23H,6-20H2,1-5H3. The minimum Gasteiger partial charge on any atom is -0.466 e. The van der Waals surface area contributed by atoms with Crippen molar-refractivity contribution in [3.8, 4) is 0 Å². The number of unbranched alkanes of at least 4 members (excludes halogenated alkanes) is 5. The summed E-state index contributed by atoms with van der Waals surface area (Å²) in [5, 5.41) is 0. The van der Waals surface area contributed by atoms with Crippen molar-refractivity contribution in [1.82, 2.24) is 0 Å². The van der Waals surface area contributed by atoms with E-state index in [1.807, 2.05) is 0 Å². The number of carbonyl (C=O) groups excluding carboxylic acids is 2. The highest BCUT2D eigenvalue weighted by Crippen LogP contribution is 2.16. The lowest BCUT2D eigenvalue weighted by Crippen LogP contribution is -2.11. The molecule has 0 aliphatic heterocycles. The van der Waals surface area contributed by atoms with Crippen molar-refractivity contribution in [1.29, 1.82) is 0 Å². The van der Waals surface area contributed by atoms with E-state index in [0.29, 0.717) is 43.8 Å². The van der Waals surface area contributed by atoms with Gasteiger partial charge >= 0.3 is 11.9 Å². The number of hydrogen-bond donors (Lipinski definition) is 0. The molecule has 0 rings (SSSR count). The maximum atomic E-state index is 11.8. The average Bonchev–Trinajstić information content (AvgIpc) is 2.64. The van der Waals surface area contributed by atoms with Crippen molar-refractivity contribution in [2.75, 3.05) is 13.2 Å². The normalized spacial score (nSPS) is 12.4. The third-order valence-electron chi connectivity index (χ3n) is 5.22. The number of ether oxygens (including phenoxy) is 2. The molecule has 0 saturated heterocycles. The van der Waals surface area contributed by atoms with Crippen LogP contribution in [0, 0.1) is 17.8 Å². The highest BCUT2D eigenvalue weighted by molar-refractivity contribution is 5.69. The lowest BCUT2D eigenvalue weighted by atomic mass is 9.99. The van der Waals surface area contributed by atoms with Crippen molar-refractivity contribution >= 4 is 11.9 Å². The molecule has 172 valence electrons. The first-order valence-electron chi connectivity index (χ1n) is 12.1. The number of hydrogen-bond acceptors (Lipinski definition) is 4. The van der Waals surface area contributed by atoms with Crippen LogP contribution in [0.25, 0.3) is 0 Å². The molecule has 0 fully saturated rings. The van der Waals surface area contributed by atoms with E-state index in [4.69, 9.17) is 9.47 Å². The fourth-order valence-corrected chi connectivity index (χ4v) is 3.34. The third-order valence-corrected chi connectivity index (χ3v) is 5.22. The van der Waals surface area contributed by atoms with Crippen molar-refractivity contribution in [3.05, 3.63) is 0 Å². The molecule has 0 saturated carbocycles. The smallest absolute Gasteiger partial charge is 0.306 e. The van der Waals surface area contributed by atoms with Gasteiger partial charge in [-0.15, -0.1) is 0 Å².